The molecular weight excluding hydrogens is 414 g/mol. The Hall–Kier alpha value is -4.00. The van der Waals surface area contributed by atoms with Gasteiger partial charge in [0.2, 0.25) is 0 Å². The fourth-order valence-corrected chi connectivity index (χ4v) is 3.53. The van der Waals surface area contributed by atoms with Crippen LogP contribution in [0.3, 0.4) is 0 Å². The van der Waals surface area contributed by atoms with Gasteiger partial charge in [-0.1, -0.05) is 12.1 Å². The van der Waals surface area contributed by atoms with Gasteiger partial charge in [0.05, 0.1) is 23.7 Å². The van der Waals surface area contributed by atoms with E-state index in [9.17, 15) is 0 Å². The molecule has 168 valence electrons. The molecule has 2 aromatic carbocycles. The molecule has 4 rings (SSSR count). The van der Waals surface area contributed by atoms with Crippen molar-refractivity contribution in [2.75, 3.05) is 19.0 Å². The van der Waals surface area contributed by atoms with Crippen molar-refractivity contribution in [2.45, 2.75) is 26.3 Å². The molecule has 0 fully saturated rings. The van der Waals surface area contributed by atoms with Gasteiger partial charge in [0.25, 0.3) is 0 Å². The summed E-state index contributed by atoms with van der Waals surface area (Å²) >= 11 is 0. The molecule has 2 aromatic heterocycles. The SMILES string of the molecule is CN=CCC(=N)COc1cccc(C(C)Nc2cc(-c3ccc4occc4c3)nc(C)n2)c1. The van der Waals surface area contributed by atoms with Crippen LogP contribution in [0.15, 0.2) is 70.3 Å². The maximum absolute atomic E-state index is 7.93. The van der Waals surface area contributed by atoms with Crippen molar-refractivity contribution in [3.05, 3.63) is 72.2 Å². The van der Waals surface area contributed by atoms with Gasteiger partial charge in [0.15, 0.2) is 0 Å². The molecule has 0 bridgehead atoms. The van der Waals surface area contributed by atoms with Crippen LogP contribution < -0.4 is 10.1 Å². The van der Waals surface area contributed by atoms with Crippen molar-refractivity contribution in [1.29, 1.82) is 5.41 Å². The van der Waals surface area contributed by atoms with Gasteiger partial charge in [0.1, 0.15) is 29.6 Å². The van der Waals surface area contributed by atoms with E-state index in [0.29, 0.717) is 18.0 Å². The first-order valence-electron chi connectivity index (χ1n) is 10.8. The number of fused-ring (bicyclic) bond motifs is 1. The summed E-state index contributed by atoms with van der Waals surface area (Å²) in [5.74, 6) is 2.18. The second-order valence-corrected chi connectivity index (χ2v) is 7.83. The van der Waals surface area contributed by atoms with Crippen LogP contribution in [0.25, 0.3) is 22.2 Å². The normalized spacial score (nSPS) is 12.2. The van der Waals surface area contributed by atoms with E-state index in [0.717, 1.165) is 39.4 Å². The van der Waals surface area contributed by atoms with Gasteiger partial charge < -0.3 is 24.9 Å². The molecule has 0 spiro atoms. The topological polar surface area (TPSA) is 96.4 Å². The Bertz CT molecular complexity index is 1290. The minimum atomic E-state index is -0.00118. The Balaban J connectivity index is 1.48. The van der Waals surface area contributed by atoms with Crippen LogP contribution >= 0.6 is 0 Å². The molecule has 2 N–H and O–H groups in total. The number of rotatable bonds is 9. The number of benzene rings is 2. The number of aryl methyl sites for hydroxylation is 1. The lowest BCUT2D eigenvalue weighted by molar-refractivity contribution is 0.374. The van der Waals surface area contributed by atoms with Gasteiger partial charge in [-0.25, -0.2) is 9.97 Å². The average Bonchev–Trinajstić information content (AvgIpc) is 3.29. The highest BCUT2D eigenvalue weighted by molar-refractivity contribution is 5.94. The highest BCUT2D eigenvalue weighted by Gasteiger charge is 2.11. The van der Waals surface area contributed by atoms with Gasteiger partial charge in [-0.15, -0.1) is 0 Å². The van der Waals surface area contributed by atoms with Crippen LogP contribution in [-0.4, -0.2) is 35.5 Å². The number of aliphatic imine (C=N–C) groups is 1. The lowest BCUT2D eigenvalue weighted by Crippen LogP contribution is -2.12. The zero-order valence-corrected chi connectivity index (χ0v) is 19.0. The molecule has 0 aliphatic heterocycles. The summed E-state index contributed by atoms with van der Waals surface area (Å²) < 4.78 is 11.2. The molecule has 7 nitrogen and oxygen atoms in total. The van der Waals surface area contributed by atoms with E-state index < -0.39 is 0 Å². The smallest absolute Gasteiger partial charge is 0.133 e. The molecule has 1 unspecified atom stereocenters. The van der Waals surface area contributed by atoms with Crippen LogP contribution in [0.4, 0.5) is 5.82 Å². The molecule has 2 heterocycles. The predicted molar refractivity (Wildman–Crippen MR) is 133 cm³/mol. The fourth-order valence-electron chi connectivity index (χ4n) is 3.53. The summed E-state index contributed by atoms with van der Waals surface area (Å²) in [5, 5.41) is 12.4. The van der Waals surface area contributed by atoms with Crippen molar-refractivity contribution in [1.82, 2.24) is 9.97 Å². The summed E-state index contributed by atoms with van der Waals surface area (Å²) in [6.45, 7) is 4.21. The molecule has 7 heteroatoms. The summed E-state index contributed by atoms with van der Waals surface area (Å²) in [6.07, 6.45) is 3.89. The van der Waals surface area contributed by atoms with Gasteiger partial charge in [-0.2, -0.15) is 0 Å². The van der Waals surface area contributed by atoms with E-state index >= 15 is 0 Å². The van der Waals surface area contributed by atoms with Crippen molar-refractivity contribution >= 4 is 28.7 Å². The first-order valence-corrected chi connectivity index (χ1v) is 10.8. The molecule has 0 saturated heterocycles. The summed E-state index contributed by atoms with van der Waals surface area (Å²) in [4.78, 5) is 13.1. The second kappa shape index (κ2) is 10.1. The highest BCUT2D eigenvalue weighted by Crippen LogP contribution is 2.27. The van der Waals surface area contributed by atoms with Crippen molar-refractivity contribution < 1.29 is 9.15 Å². The maximum atomic E-state index is 7.93. The van der Waals surface area contributed by atoms with Gasteiger partial charge in [-0.3, -0.25) is 0 Å². The number of furan rings is 1. The number of anilines is 1. The molecule has 4 aromatic rings. The van der Waals surface area contributed by atoms with Crippen LogP contribution in [0.2, 0.25) is 0 Å². The molecule has 1 atom stereocenters. The largest absolute Gasteiger partial charge is 0.488 e. The Morgan fingerprint density at radius 1 is 1.18 bits per heavy atom. The highest BCUT2D eigenvalue weighted by atomic mass is 16.5. The molecule has 0 saturated carbocycles. The van der Waals surface area contributed by atoms with Crippen molar-refractivity contribution in [3.63, 3.8) is 0 Å². The van der Waals surface area contributed by atoms with Crippen LogP contribution in [-0.2, 0) is 0 Å². The van der Waals surface area contributed by atoms with E-state index in [-0.39, 0.29) is 12.6 Å². The zero-order chi connectivity index (χ0) is 23.2. The van der Waals surface area contributed by atoms with Gasteiger partial charge in [0, 0.05) is 36.7 Å². The second-order valence-electron chi connectivity index (χ2n) is 7.83. The molecular formula is C26H27N5O2. The van der Waals surface area contributed by atoms with E-state index in [1.54, 1.807) is 19.5 Å². The third-order valence-electron chi connectivity index (χ3n) is 5.24. The summed E-state index contributed by atoms with van der Waals surface area (Å²) in [7, 11) is 1.70. The zero-order valence-electron chi connectivity index (χ0n) is 19.0. The third-order valence-corrected chi connectivity index (χ3v) is 5.24. The Morgan fingerprint density at radius 2 is 2.06 bits per heavy atom. The number of ether oxygens (including phenoxy) is 1. The monoisotopic (exact) mass is 441 g/mol. The number of nitrogens with one attached hydrogen (secondary N) is 2. The Morgan fingerprint density at radius 3 is 2.91 bits per heavy atom. The Labute approximate surface area is 193 Å². The number of hydrogen-bond acceptors (Lipinski definition) is 7. The number of nitrogens with zero attached hydrogens (tertiary/aromatic N) is 3. The Kier molecular flexibility index (Phi) is 6.78. The molecule has 0 aliphatic rings. The van der Waals surface area contributed by atoms with E-state index in [1.807, 2.05) is 55.5 Å². The molecule has 0 aliphatic carbocycles. The van der Waals surface area contributed by atoms with Gasteiger partial charge in [-0.05, 0) is 55.8 Å². The van der Waals surface area contributed by atoms with Gasteiger partial charge >= 0.3 is 0 Å². The summed E-state index contributed by atoms with van der Waals surface area (Å²) in [5.41, 5.74) is 4.26. The van der Waals surface area contributed by atoms with Crippen LogP contribution in [0, 0.1) is 12.3 Å². The third kappa shape index (κ3) is 5.63. The first-order chi connectivity index (χ1) is 16.0. The number of hydrogen-bond donors (Lipinski definition) is 2. The molecule has 0 amide bonds. The lowest BCUT2D eigenvalue weighted by atomic mass is 10.1. The average molecular weight is 442 g/mol. The predicted octanol–water partition coefficient (Wildman–Crippen LogP) is 5.86. The van der Waals surface area contributed by atoms with Crippen LogP contribution in [0.5, 0.6) is 5.75 Å². The van der Waals surface area contributed by atoms with E-state index in [1.165, 1.54) is 0 Å². The van der Waals surface area contributed by atoms with E-state index in [2.05, 4.69) is 33.3 Å². The first kappa shape index (κ1) is 22.2. The van der Waals surface area contributed by atoms with E-state index in [4.69, 9.17) is 14.6 Å². The number of aromatic nitrogens is 2. The van der Waals surface area contributed by atoms with Crippen molar-refractivity contribution in [3.8, 4) is 17.0 Å². The fraction of sp³-hybridized carbons (Fsp3) is 0.231. The quantitative estimate of drug-likeness (QED) is 0.317. The van der Waals surface area contributed by atoms with Crippen LogP contribution in [0.1, 0.15) is 30.8 Å². The maximum Gasteiger partial charge on any atom is 0.133 e. The molecule has 33 heavy (non-hydrogen) atoms. The summed E-state index contributed by atoms with van der Waals surface area (Å²) in [6, 6.07) is 17.8. The minimum absolute atomic E-state index is 0.00118. The standard InChI is InChI=1S/C26H27N5O2/c1-17(19-5-4-6-23(14-19)33-16-22(27)9-11-28-3)29-26-15-24(30-18(2)31-26)20-7-8-25-21(13-20)10-12-32-25/h4-8,10-15,17,27H,9,16H2,1-3H3,(H,29,30,31). The minimum Gasteiger partial charge on any atom is -0.488 e. The lowest BCUT2D eigenvalue weighted by Gasteiger charge is -2.17. The van der Waals surface area contributed by atoms with Crippen molar-refractivity contribution in [2.24, 2.45) is 4.99 Å². The molecule has 0 radical (unpaired) electrons.